The maximum atomic E-state index is 12.4. The molecule has 2 amide bonds. The number of hydrogen-bond donors (Lipinski definition) is 0. The fraction of sp³-hybridized carbons (Fsp3) is 0. The molecule has 0 unspecified atom stereocenters. The zero-order chi connectivity index (χ0) is 14.1. The zero-order valence-corrected chi connectivity index (χ0v) is 12.6. The lowest BCUT2D eigenvalue weighted by atomic mass is 10.1. The van der Waals surface area contributed by atoms with Gasteiger partial charge in [-0.3, -0.25) is 9.59 Å². The number of anilines is 1. The molecule has 0 saturated carbocycles. The molecule has 0 spiro atoms. The molecule has 4 heteroatoms. The Hall–Kier alpha value is -1.95. The number of imide groups is 1. The van der Waals surface area contributed by atoms with Gasteiger partial charge in [-0.05, 0) is 52.4 Å². The van der Waals surface area contributed by atoms with E-state index in [4.69, 9.17) is 0 Å². The molecule has 3 nitrogen and oxygen atoms in total. The van der Waals surface area contributed by atoms with Crippen LogP contribution in [0.4, 0.5) is 5.69 Å². The summed E-state index contributed by atoms with van der Waals surface area (Å²) < 4.78 is 1.06. The second-order valence-electron chi connectivity index (χ2n) is 4.38. The summed E-state index contributed by atoms with van der Waals surface area (Å²) in [5.41, 5.74) is 1.80. The topological polar surface area (TPSA) is 37.4 Å². The van der Waals surface area contributed by atoms with Crippen molar-refractivity contribution in [3.8, 4) is 0 Å². The van der Waals surface area contributed by atoms with Crippen LogP contribution in [-0.4, -0.2) is 11.8 Å². The van der Waals surface area contributed by atoms with Gasteiger partial charge in [0.2, 0.25) is 0 Å². The Morgan fingerprint density at radius 2 is 1.50 bits per heavy atom. The van der Waals surface area contributed by atoms with Gasteiger partial charge in [0.25, 0.3) is 11.8 Å². The first-order valence-electron chi connectivity index (χ1n) is 6.08. The van der Waals surface area contributed by atoms with Crippen LogP contribution in [0.25, 0.3) is 5.57 Å². The Labute approximate surface area is 130 Å². The first kappa shape index (κ1) is 13.1. The monoisotopic (exact) mass is 375 g/mol. The van der Waals surface area contributed by atoms with Crippen molar-refractivity contribution >= 4 is 45.7 Å². The second-order valence-corrected chi connectivity index (χ2v) is 5.62. The Bertz CT molecular complexity index is 705. The van der Waals surface area contributed by atoms with E-state index in [-0.39, 0.29) is 11.8 Å². The Kier molecular flexibility index (Phi) is 3.40. The number of halogens is 1. The quantitative estimate of drug-likeness (QED) is 0.597. The van der Waals surface area contributed by atoms with Crippen molar-refractivity contribution in [2.45, 2.75) is 0 Å². The number of nitrogens with zero attached hydrogens (tertiary/aromatic N) is 1. The number of benzene rings is 2. The maximum absolute atomic E-state index is 12.4. The van der Waals surface area contributed by atoms with E-state index < -0.39 is 0 Å². The highest BCUT2D eigenvalue weighted by molar-refractivity contribution is 14.1. The molecule has 0 radical (unpaired) electrons. The van der Waals surface area contributed by atoms with Crippen LogP contribution >= 0.6 is 22.6 Å². The highest BCUT2D eigenvalue weighted by Gasteiger charge is 2.32. The average Bonchev–Trinajstić information content (AvgIpc) is 2.76. The minimum absolute atomic E-state index is 0.276. The summed E-state index contributed by atoms with van der Waals surface area (Å²) in [4.78, 5) is 25.7. The molecule has 1 heterocycles. The van der Waals surface area contributed by atoms with Gasteiger partial charge in [0, 0.05) is 9.65 Å². The van der Waals surface area contributed by atoms with E-state index in [2.05, 4.69) is 22.6 Å². The van der Waals surface area contributed by atoms with Gasteiger partial charge in [-0.15, -0.1) is 0 Å². The van der Waals surface area contributed by atoms with Crippen LogP contribution in [-0.2, 0) is 9.59 Å². The SMILES string of the molecule is O=C1C=C(c2ccccc2)C(=O)N1c1ccc(I)cc1. The van der Waals surface area contributed by atoms with Crippen LogP contribution in [0.15, 0.2) is 60.7 Å². The molecule has 98 valence electrons. The predicted molar refractivity (Wildman–Crippen MR) is 86.1 cm³/mol. The summed E-state index contributed by atoms with van der Waals surface area (Å²) in [6.07, 6.45) is 1.40. The number of carbonyl (C=O) groups is 2. The van der Waals surface area contributed by atoms with Crippen molar-refractivity contribution in [3.63, 3.8) is 0 Å². The summed E-state index contributed by atoms with van der Waals surface area (Å²) >= 11 is 2.18. The lowest BCUT2D eigenvalue weighted by Crippen LogP contribution is -2.30. The Balaban J connectivity index is 1.97. The lowest BCUT2D eigenvalue weighted by molar-refractivity contribution is -0.119. The Morgan fingerprint density at radius 1 is 0.850 bits per heavy atom. The molecule has 0 atom stereocenters. The van der Waals surface area contributed by atoms with Crippen LogP contribution in [0.3, 0.4) is 0 Å². The van der Waals surface area contributed by atoms with Crippen molar-refractivity contribution in [1.82, 2.24) is 0 Å². The largest absolute Gasteiger partial charge is 0.269 e. The van der Waals surface area contributed by atoms with Gasteiger partial charge in [0.15, 0.2) is 0 Å². The van der Waals surface area contributed by atoms with E-state index in [1.807, 2.05) is 42.5 Å². The summed E-state index contributed by atoms with van der Waals surface area (Å²) in [6, 6.07) is 16.5. The van der Waals surface area contributed by atoms with Crippen LogP contribution in [0, 0.1) is 3.57 Å². The number of amides is 2. The number of rotatable bonds is 2. The first-order valence-corrected chi connectivity index (χ1v) is 7.16. The van der Waals surface area contributed by atoms with E-state index in [0.29, 0.717) is 11.3 Å². The second kappa shape index (κ2) is 5.20. The predicted octanol–water partition coefficient (Wildman–Crippen LogP) is 3.25. The van der Waals surface area contributed by atoms with Crippen molar-refractivity contribution in [1.29, 1.82) is 0 Å². The molecule has 1 aliphatic heterocycles. The van der Waals surface area contributed by atoms with Crippen molar-refractivity contribution in [2.24, 2.45) is 0 Å². The van der Waals surface area contributed by atoms with Crippen LogP contribution in [0.5, 0.6) is 0 Å². The number of carbonyl (C=O) groups excluding carboxylic acids is 2. The molecule has 0 aliphatic carbocycles. The van der Waals surface area contributed by atoms with Gasteiger partial charge in [-0.2, -0.15) is 0 Å². The summed E-state index contributed by atoms with van der Waals surface area (Å²) in [6.45, 7) is 0. The van der Waals surface area contributed by atoms with Gasteiger partial charge in [0.05, 0.1) is 11.3 Å². The van der Waals surface area contributed by atoms with Crippen LogP contribution < -0.4 is 4.90 Å². The first-order chi connectivity index (χ1) is 9.66. The molecule has 2 aromatic carbocycles. The van der Waals surface area contributed by atoms with Crippen LogP contribution in [0.1, 0.15) is 5.56 Å². The molecule has 0 bridgehead atoms. The molecular weight excluding hydrogens is 365 g/mol. The summed E-state index contributed by atoms with van der Waals surface area (Å²) in [5, 5.41) is 0. The molecule has 1 aliphatic rings. The molecular formula is C16H10INO2. The van der Waals surface area contributed by atoms with Gasteiger partial charge < -0.3 is 0 Å². The fourth-order valence-corrected chi connectivity index (χ4v) is 2.49. The van der Waals surface area contributed by atoms with Gasteiger partial charge in [0.1, 0.15) is 0 Å². The highest BCUT2D eigenvalue weighted by atomic mass is 127. The third-order valence-corrected chi connectivity index (χ3v) is 3.81. The normalized spacial score (nSPS) is 14.7. The Morgan fingerprint density at radius 3 is 2.15 bits per heavy atom. The average molecular weight is 375 g/mol. The highest BCUT2D eigenvalue weighted by Crippen LogP contribution is 2.28. The molecule has 0 aromatic heterocycles. The van der Waals surface area contributed by atoms with Crippen molar-refractivity contribution < 1.29 is 9.59 Å². The van der Waals surface area contributed by atoms with E-state index in [1.54, 1.807) is 12.1 Å². The van der Waals surface area contributed by atoms with E-state index in [9.17, 15) is 9.59 Å². The fourth-order valence-electron chi connectivity index (χ4n) is 2.13. The van der Waals surface area contributed by atoms with Gasteiger partial charge in [-0.1, -0.05) is 30.3 Å². The summed E-state index contributed by atoms with van der Waals surface area (Å²) in [5.74, 6) is -0.572. The molecule has 20 heavy (non-hydrogen) atoms. The van der Waals surface area contributed by atoms with Gasteiger partial charge in [-0.25, -0.2) is 4.90 Å². The minimum atomic E-state index is -0.296. The molecule has 0 fully saturated rings. The lowest BCUT2D eigenvalue weighted by Gasteiger charge is -2.14. The van der Waals surface area contributed by atoms with E-state index in [0.717, 1.165) is 9.13 Å². The summed E-state index contributed by atoms with van der Waals surface area (Å²) in [7, 11) is 0. The van der Waals surface area contributed by atoms with E-state index >= 15 is 0 Å². The van der Waals surface area contributed by atoms with Crippen molar-refractivity contribution in [3.05, 3.63) is 69.8 Å². The van der Waals surface area contributed by atoms with Crippen molar-refractivity contribution in [2.75, 3.05) is 4.90 Å². The standard InChI is InChI=1S/C16H10INO2/c17-12-6-8-13(9-7-12)18-15(19)10-14(16(18)20)11-4-2-1-3-5-11/h1-10H. The maximum Gasteiger partial charge on any atom is 0.266 e. The van der Waals surface area contributed by atoms with Gasteiger partial charge >= 0.3 is 0 Å². The molecule has 2 aromatic rings. The smallest absolute Gasteiger partial charge is 0.266 e. The minimum Gasteiger partial charge on any atom is -0.269 e. The van der Waals surface area contributed by atoms with E-state index in [1.165, 1.54) is 11.0 Å². The third kappa shape index (κ3) is 2.27. The van der Waals surface area contributed by atoms with Crippen LogP contribution in [0.2, 0.25) is 0 Å². The molecule has 3 rings (SSSR count). The zero-order valence-electron chi connectivity index (χ0n) is 10.4. The number of hydrogen-bond acceptors (Lipinski definition) is 2. The molecule has 0 saturated heterocycles. The molecule has 0 N–H and O–H groups in total. The third-order valence-electron chi connectivity index (χ3n) is 3.09.